The van der Waals surface area contributed by atoms with Crippen LogP contribution in [0.5, 0.6) is 5.75 Å². The molecule has 0 bridgehead atoms. The average molecular weight is 312 g/mol. The number of amides is 1. The lowest BCUT2D eigenvalue weighted by Gasteiger charge is -2.16. The van der Waals surface area contributed by atoms with Crippen molar-refractivity contribution in [1.82, 2.24) is 9.80 Å². The fourth-order valence-electron chi connectivity index (χ4n) is 2.55. The molecule has 0 N–H and O–H groups in total. The SMILES string of the molecule is COc1cc(CN(C)C)cc(-c2ccccc2C(=O)N(C)C)c1. The lowest BCUT2D eigenvalue weighted by atomic mass is 9.97. The Morgan fingerprint density at radius 2 is 1.74 bits per heavy atom. The minimum absolute atomic E-state index is 0.00224. The highest BCUT2D eigenvalue weighted by atomic mass is 16.5. The van der Waals surface area contributed by atoms with E-state index in [-0.39, 0.29) is 5.91 Å². The van der Waals surface area contributed by atoms with E-state index in [0.717, 1.165) is 29.0 Å². The van der Waals surface area contributed by atoms with Crippen LogP contribution in [-0.2, 0) is 6.54 Å². The van der Waals surface area contributed by atoms with Crippen LogP contribution in [0.2, 0.25) is 0 Å². The van der Waals surface area contributed by atoms with E-state index < -0.39 is 0 Å². The summed E-state index contributed by atoms with van der Waals surface area (Å²) in [6, 6.07) is 13.8. The summed E-state index contributed by atoms with van der Waals surface area (Å²) in [5.74, 6) is 0.795. The van der Waals surface area contributed by atoms with Gasteiger partial charge in [-0.15, -0.1) is 0 Å². The van der Waals surface area contributed by atoms with Crippen molar-refractivity contribution >= 4 is 5.91 Å². The van der Waals surface area contributed by atoms with Gasteiger partial charge in [-0.1, -0.05) is 18.2 Å². The topological polar surface area (TPSA) is 32.8 Å². The Hall–Kier alpha value is -2.33. The van der Waals surface area contributed by atoms with Crippen molar-refractivity contribution in [3.8, 4) is 16.9 Å². The molecule has 122 valence electrons. The molecule has 2 aromatic rings. The number of methoxy groups -OCH3 is 1. The van der Waals surface area contributed by atoms with Gasteiger partial charge >= 0.3 is 0 Å². The van der Waals surface area contributed by atoms with Crippen LogP contribution < -0.4 is 4.74 Å². The first-order valence-corrected chi connectivity index (χ1v) is 7.56. The Balaban J connectivity index is 2.55. The van der Waals surface area contributed by atoms with Crippen molar-refractivity contribution in [2.24, 2.45) is 0 Å². The third-order valence-electron chi connectivity index (χ3n) is 3.58. The van der Waals surface area contributed by atoms with Crippen molar-refractivity contribution in [3.63, 3.8) is 0 Å². The lowest BCUT2D eigenvalue weighted by molar-refractivity contribution is 0.0828. The molecule has 0 saturated carbocycles. The van der Waals surface area contributed by atoms with Gasteiger partial charge in [-0.05, 0) is 55.1 Å². The minimum Gasteiger partial charge on any atom is -0.497 e. The number of carbonyl (C=O) groups excluding carboxylic acids is 1. The van der Waals surface area contributed by atoms with E-state index in [1.54, 1.807) is 26.1 Å². The molecule has 0 aliphatic heterocycles. The summed E-state index contributed by atoms with van der Waals surface area (Å²) >= 11 is 0. The van der Waals surface area contributed by atoms with Crippen molar-refractivity contribution in [1.29, 1.82) is 0 Å². The average Bonchev–Trinajstić information content (AvgIpc) is 2.53. The van der Waals surface area contributed by atoms with Crippen LogP contribution in [0.4, 0.5) is 0 Å². The molecule has 0 aromatic heterocycles. The number of ether oxygens (including phenoxy) is 1. The molecule has 4 nitrogen and oxygen atoms in total. The predicted octanol–water partition coefficient (Wildman–Crippen LogP) is 3.13. The highest BCUT2D eigenvalue weighted by molar-refractivity contribution is 6.00. The van der Waals surface area contributed by atoms with Gasteiger partial charge in [0.25, 0.3) is 5.91 Å². The van der Waals surface area contributed by atoms with Gasteiger partial charge in [-0.25, -0.2) is 0 Å². The van der Waals surface area contributed by atoms with Gasteiger partial charge < -0.3 is 14.5 Å². The second kappa shape index (κ2) is 7.29. The molecule has 0 unspecified atom stereocenters. The summed E-state index contributed by atoms with van der Waals surface area (Å²) in [5, 5.41) is 0. The van der Waals surface area contributed by atoms with Crippen molar-refractivity contribution in [3.05, 3.63) is 53.6 Å². The molecule has 0 atom stereocenters. The van der Waals surface area contributed by atoms with E-state index in [1.807, 2.05) is 50.5 Å². The molecule has 0 heterocycles. The summed E-state index contributed by atoms with van der Waals surface area (Å²) in [6.07, 6.45) is 0. The first-order chi connectivity index (χ1) is 10.9. The zero-order chi connectivity index (χ0) is 17.0. The summed E-state index contributed by atoms with van der Waals surface area (Å²) in [5.41, 5.74) is 3.76. The normalized spacial score (nSPS) is 10.7. The van der Waals surface area contributed by atoms with Crippen LogP contribution in [0, 0.1) is 0 Å². The highest BCUT2D eigenvalue weighted by Gasteiger charge is 2.15. The van der Waals surface area contributed by atoms with Crippen LogP contribution in [-0.4, -0.2) is 51.0 Å². The number of nitrogens with zero attached hydrogens (tertiary/aromatic N) is 2. The molecule has 0 aliphatic rings. The van der Waals surface area contributed by atoms with Crippen LogP contribution >= 0.6 is 0 Å². The number of benzene rings is 2. The van der Waals surface area contributed by atoms with Gasteiger partial charge in [0.2, 0.25) is 0 Å². The molecule has 0 radical (unpaired) electrons. The van der Waals surface area contributed by atoms with E-state index in [1.165, 1.54) is 0 Å². The van der Waals surface area contributed by atoms with Gasteiger partial charge in [0.15, 0.2) is 0 Å². The number of hydrogen-bond acceptors (Lipinski definition) is 3. The molecular formula is C19H24N2O2. The smallest absolute Gasteiger partial charge is 0.253 e. The standard InChI is InChI=1S/C19H24N2O2/c1-20(2)13-14-10-15(12-16(11-14)23-5)17-8-6-7-9-18(17)19(22)21(3)4/h6-12H,13H2,1-5H3. The monoisotopic (exact) mass is 312 g/mol. The number of rotatable bonds is 5. The summed E-state index contributed by atoms with van der Waals surface area (Å²) in [6.45, 7) is 0.813. The summed E-state index contributed by atoms with van der Waals surface area (Å²) < 4.78 is 5.43. The van der Waals surface area contributed by atoms with Crippen LogP contribution in [0.3, 0.4) is 0 Å². The Bertz CT molecular complexity index is 694. The zero-order valence-corrected chi connectivity index (χ0v) is 14.5. The zero-order valence-electron chi connectivity index (χ0n) is 14.5. The summed E-state index contributed by atoms with van der Waals surface area (Å²) in [7, 11) is 9.26. The molecule has 0 fully saturated rings. The van der Waals surface area contributed by atoms with Crippen LogP contribution in [0.15, 0.2) is 42.5 Å². The maximum absolute atomic E-state index is 12.4. The van der Waals surface area contributed by atoms with E-state index >= 15 is 0 Å². The number of hydrogen-bond donors (Lipinski definition) is 0. The van der Waals surface area contributed by atoms with Gasteiger partial charge in [0, 0.05) is 26.2 Å². The first-order valence-electron chi connectivity index (χ1n) is 7.56. The van der Waals surface area contributed by atoms with Gasteiger partial charge in [0.05, 0.1) is 7.11 Å². The second-order valence-electron chi connectivity index (χ2n) is 6.05. The quantitative estimate of drug-likeness (QED) is 0.850. The minimum atomic E-state index is -0.00224. The van der Waals surface area contributed by atoms with Crippen molar-refractivity contribution in [2.45, 2.75) is 6.54 Å². The maximum atomic E-state index is 12.4. The second-order valence-corrected chi connectivity index (χ2v) is 6.05. The molecule has 1 amide bonds. The van der Waals surface area contributed by atoms with Gasteiger partial charge in [-0.3, -0.25) is 4.79 Å². The van der Waals surface area contributed by atoms with Crippen LogP contribution in [0.25, 0.3) is 11.1 Å². The molecule has 0 saturated heterocycles. The molecule has 2 rings (SSSR count). The molecular weight excluding hydrogens is 288 g/mol. The fraction of sp³-hybridized carbons (Fsp3) is 0.316. The third-order valence-corrected chi connectivity index (χ3v) is 3.58. The number of carbonyl (C=O) groups is 1. The maximum Gasteiger partial charge on any atom is 0.253 e. The van der Waals surface area contributed by atoms with Gasteiger partial charge in [0.1, 0.15) is 5.75 Å². The van der Waals surface area contributed by atoms with E-state index in [9.17, 15) is 4.79 Å². The van der Waals surface area contributed by atoms with E-state index in [2.05, 4.69) is 11.0 Å². The van der Waals surface area contributed by atoms with Gasteiger partial charge in [-0.2, -0.15) is 0 Å². The molecule has 2 aromatic carbocycles. The third kappa shape index (κ3) is 4.11. The Morgan fingerprint density at radius 3 is 2.35 bits per heavy atom. The Morgan fingerprint density at radius 1 is 1.04 bits per heavy atom. The molecule has 0 spiro atoms. The lowest BCUT2D eigenvalue weighted by Crippen LogP contribution is -2.22. The Kier molecular flexibility index (Phi) is 5.40. The summed E-state index contributed by atoms with van der Waals surface area (Å²) in [4.78, 5) is 16.1. The first kappa shape index (κ1) is 17.0. The largest absolute Gasteiger partial charge is 0.497 e. The van der Waals surface area contributed by atoms with Crippen molar-refractivity contribution in [2.75, 3.05) is 35.3 Å². The van der Waals surface area contributed by atoms with Crippen LogP contribution in [0.1, 0.15) is 15.9 Å². The van der Waals surface area contributed by atoms with E-state index in [4.69, 9.17) is 4.74 Å². The Labute approximate surface area is 138 Å². The van der Waals surface area contributed by atoms with E-state index in [0.29, 0.717) is 5.56 Å². The molecule has 23 heavy (non-hydrogen) atoms. The highest BCUT2D eigenvalue weighted by Crippen LogP contribution is 2.29. The predicted molar refractivity (Wildman–Crippen MR) is 93.8 cm³/mol. The fourth-order valence-corrected chi connectivity index (χ4v) is 2.55. The van der Waals surface area contributed by atoms with Crippen molar-refractivity contribution < 1.29 is 9.53 Å². The molecule has 0 aliphatic carbocycles. The molecule has 4 heteroatoms.